The summed E-state index contributed by atoms with van der Waals surface area (Å²) in [6, 6.07) is 13.8. The van der Waals surface area contributed by atoms with Crippen LogP contribution in [0.15, 0.2) is 36.4 Å². The lowest BCUT2D eigenvalue weighted by atomic mass is 9.94. The van der Waals surface area contributed by atoms with Gasteiger partial charge < -0.3 is 4.74 Å². The van der Waals surface area contributed by atoms with E-state index in [-0.39, 0.29) is 0 Å². The van der Waals surface area contributed by atoms with Crippen LogP contribution in [-0.2, 0) is 13.1 Å². The molecule has 1 atom stereocenters. The second-order valence-electron chi connectivity index (χ2n) is 7.26. The lowest BCUT2D eigenvalue weighted by molar-refractivity contribution is 0.0830. The van der Waals surface area contributed by atoms with Gasteiger partial charge in [0.1, 0.15) is 5.75 Å². The molecule has 0 N–H and O–H groups in total. The first-order valence-corrected chi connectivity index (χ1v) is 10.3. The molecule has 2 aliphatic heterocycles. The fourth-order valence-corrected chi connectivity index (χ4v) is 5.07. The van der Waals surface area contributed by atoms with Gasteiger partial charge in [-0.3, -0.25) is 9.80 Å². The summed E-state index contributed by atoms with van der Waals surface area (Å²) in [4.78, 5) is 8.22. The van der Waals surface area contributed by atoms with Crippen LogP contribution in [0.5, 0.6) is 5.75 Å². The average molecular weight is 357 g/mol. The van der Waals surface area contributed by atoms with E-state index in [4.69, 9.17) is 4.74 Å². The van der Waals surface area contributed by atoms with Crippen molar-refractivity contribution >= 4 is 11.3 Å². The molecular weight excluding hydrogens is 328 g/mol. The third-order valence-electron chi connectivity index (χ3n) is 5.51. The van der Waals surface area contributed by atoms with Gasteiger partial charge in [0.15, 0.2) is 0 Å². The summed E-state index contributed by atoms with van der Waals surface area (Å²) in [5, 5.41) is 0. The average Bonchev–Trinajstić information content (AvgIpc) is 3.07. The standard InChI is InChI=1S/C21H28N2OS/c1-24-18-7-5-6-17(14-18)21-10-13-23(21)16-20-9-8-19(25-20)15-22-11-3-2-4-12-22/h5-9,14,21H,2-4,10-13,15-16H2,1H3/t21-/m1/s1. The Hall–Kier alpha value is -1.36. The molecule has 3 nitrogen and oxygen atoms in total. The normalized spacial score (nSPS) is 21.9. The zero-order valence-corrected chi connectivity index (χ0v) is 15.9. The number of hydrogen-bond acceptors (Lipinski definition) is 4. The van der Waals surface area contributed by atoms with Gasteiger partial charge in [0, 0.05) is 35.4 Å². The van der Waals surface area contributed by atoms with Crippen LogP contribution in [0.3, 0.4) is 0 Å². The van der Waals surface area contributed by atoms with E-state index in [0.717, 1.165) is 18.8 Å². The number of benzene rings is 1. The van der Waals surface area contributed by atoms with Crippen molar-refractivity contribution in [2.45, 2.75) is 44.8 Å². The van der Waals surface area contributed by atoms with E-state index in [9.17, 15) is 0 Å². The zero-order chi connectivity index (χ0) is 17.1. The third-order valence-corrected chi connectivity index (χ3v) is 6.57. The maximum atomic E-state index is 5.38. The number of methoxy groups -OCH3 is 1. The predicted molar refractivity (Wildman–Crippen MR) is 104 cm³/mol. The number of likely N-dealkylation sites (tertiary alicyclic amines) is 2. The molecule has 4 heteroatoms. The van der Waals surface area contributed by atoms with Gasteiger partial charge >= 0.3 is 0 Å². The summed E-state index contributed by atoms with van der Waals surface area (Å²) in [6.45, 7) is 5.96. The number of nitrogens with zero attached hydrogens (tertiary/aromatic N) is 2. The smallest absolute Gasteiger partial charge is 0.119 e. The van der Waals surface area contributed by atoms with Crippen molar-refractivity contribution in [3.63, 3.8) is 0 Å². The molecule has 0 amide bonds. The Kier molecular flexibility index (Phi) is 5.39. The van der Waals surface area contributed by atoms with Crippen molar-refractivity contribution < 1.29 is 4.74 Å². The van der Waals surface area contributed by atoms with Crippen LogP contribution in [0, 0.1) is 0 Å². The van der Waals surface area contributed by atoms with Gasteiger partial charge in [0.2, 0.25) is 0 Å². The second kappa shape index (κ2) is 7.90. The molecule has 25 heavy (non-hydrogen) atoms. The van der Waals surface area contributed by atoms with E-state index in [1.165, 1.54) is 60.6 Å². The van der Waals surface area contributed by atoms with Crippen LogP contribution < -0.4 is 4.74 Å². The third kappa shape index (κ3) is 4.08. The zero-order valence-electron chi connectivity index (χ0n) is 15.1. The van der Waals surface area contributed by atoms with Gasteiger partial charge in [-0.15, -0.1) is 11.3 Å². The van der Waals surface area contributed by atoms with Gasteiger partial charge in [-0.05, 0) is 62.2 Å². The number of thiophene rings is 1. The quantitative estimate of drug-likeness (QED) is 0.747. The van der Waals surface area contributed by atoms with Crippen LogP contribution in [0.2, 0.25) is 0 Å². The van der Waals surface area contributed by atoms with E-state index >= 15 is 0 Å². The molecule has 0 spiro atoms. The van der Waals surface area contributed by atoms with Crippen LogP contribution in [-0.4, -0.2) is 36.5 Å². The molecule has 1 aromatic heterocycles. The first kappa shape index (κ1) is 17.1. The van der Waals surface area contributed by atoms with Crippen molar-refractivity contribution in [1.82, 2.24) is 9.80 Å². The Morgan fingerprint density at radius 3 is 2.52 bits per heavy atom. The fraction of sp³-hybridized carbons (Fsp3) is 0.524. The molecule has 0 aliphatic carbocycles. The lowest BCUT2D eigenvalue weighted by Gasteiger charge is -2.41. The van der Waals surface area contributed by atoms with E-state index in [1.54, 1.807) is 7.11 Å². The van der Waals surface area contributed by atoms with E-state index in [1.807, 2.05) is 17.4 Å². The summed E-state index contributed by atoms with van der Waals surface area (Å²) < 4.78 is 5.38. The minimum Gasteiger partial charge on any atom is -0.497 e. The fourth-order valence-electron chi connectivity index (χ4n) is 3.99. The summed E-state index contributed by atoms with van der Waals surface area (Å²) in [6.07, 6.45) is 5.40. The van der Waals surface area contributed by atoms with E-state index < -0.39 is 0 Å². The molecule has 3 heterocycles. The molecule has 1 aromatic carbocycles. The Labute approximate surface area is 155 Å². The predicted octanol–water partition coefficient (Wildman–Crippen LogP) is 4.69. The Balaban J connectivity index is 1.35. The van der Waals surface area contributed by atoms with Crippen LogP contribution >= 0.6 is 11.3 Å². The van der Waals surface area contributed by atoms with Crippen LogP contribution in [0.4, 0.5) is 0 Å². The number of piperidine rings is 1. The molecule has 134 valence electrons. The van der Waals surface area contributed by atoms with Crippen molar-refractivity contribution in [1.29, 1.82) is 0 Å². The van der Waals surface area contributed by atoms with Gasteiger partial charge in [-0.2, -0.15) is 0 Å². The number of hydrogen-bond donors (Lipinski definition) is 0. The second-order valence-corrected chi connectivity index (χ2v) is 8.51. The Morgan fingerprint density at radius 2 is 1.80 bits per heavy atom. The van der Waals surface area contributed by atoms with Crippen LogP contribution in [0.25, 0.3) is 0 Å². The van der Waals surface area contributed by atoms with Gasteiger partial charge in [0.05, 0.1) is 7.11 Å². The van der Waals surface area contributed by atoms with Crippen molar-refractivity contribution in [2.75, 3.05) is 26.7 Å². The number of rotatable bonds is 6. The van der Waals surface area contributed by atoms with Crippen LogP contribution in [0.1, 0.15) is 47.0 Å². The first-order chi connectivity index (χ1) is 12.3. The summed E-state index contributed by atoms with van der Waals surface area (Å²) in [5.41, 5.74) is 1.38. The lowest BCUT2D eigenvalue weighted by Crippen LogP contribution is -2.39. The summed E-state index contributed by atoms with van der Waals surface area (Å²) in [7, 11) is 1.74. The highest BCUT2D eigenvalue weighted by Crippen LogP contribution is 2.36. The largest absolute Gasteiger partial charge is 0.497 e. The molecule has 2 saturated heterocycles. The SMILES string of the molecule is COc1cccc([C@H]2CCN2Cc2ccc(CN3CCCCC3)s2)c1. The van der Waals surface area contributed by atoms with E-state index in [2.05, 4.69) is 40.1 Å². The first-order valence-electron chi connectivity index (χ1n) is 9.50. The molecule has 0 radical (unpaired) electrons. The topological polar surface area (TPSA) is 15.7 Å². The highest BCUT2D eigenvalue weighted by atomic mass is 32.1. The summed E-state index contributed by atoms with van der Waals surface area (Å²) in [5.74, 6) is 0.962. The number of ether oxygens (including phenoxy) is 1. The molecule has 2 aliphatic rings. The maximum absolute atomic E-state index is 5.38. The van der Waals surface area contributed by atoms with Gasteiger partial charge in [-0.1, -0.05) is 18.6 Å². The molecule has 0 unspecified atom stereocenters. The van der Waals surface area contributed by atoms with Gasteiger partial charge in [0.25, 0.3) is 0 Å². The maximum Gasteiger partial charge on any atom is 0.119 e. The molecular formula is C21H28N2OS. The molecule has 0 bridgehead atoms. The van der Waals surface area contributed by atoms with E-state index in [0.29, 0.717) is 6.04 Å². The Morgan fingerprint density at radius 1 is 1.00 bits per heavy atom. The van der Waals surface area contributed by atoms with Crippen molar-refractivity contribution in [3.8, 4) is 5.75 Å². The molecule has 2 aromatic rings. The minimum absolute atomic E-state index is 0.544. The van der Waals surface area contributed by atoms with Gasteiger partial charge in [-0.25, -0.2) is 0 Å². The minimum atomic E-state index is 0.544. The molecule has 0 saturated carbocycles. The highest BCUT2D eigenvalue weighted by Gasteiger charge is 2.29. The highest BCUT2D eigenvalue weighted by molar-refractivity contribution is 7.11. The molecule has 4 rings (SSSR count). The van der Waals surface area contributed by atoms with Crippen molar-refractivity contribution in [2.24, 2.45) is 0 Å². The van der Waals surface area contributed by atoms with Crippen molar-refractivity contribution in [3.05, 3.63) is 51.7 Å². The molecule has 2 fully saturated rings. The monoisotopic (exact) mass is 356 g/mol. The summed E-state index contributed by atoms with van der Waals surface area (Å²) >= 11 is 2.00. The Bertz CT molecular complexity index is 693.